The lowest BCUT2D eigenvalue weighted by molar-refractivity contribution is -0.138. The van der Waals surface area contributed by atoms with Crippen molar-refractivity contribution in [3.05, 3.63) is 36.0 Å². The molecule has 1 N–H and O–H groups in total. The summed E-state index contributed by atoms with van der Waals surface area (Å²) >= 11 is 0. The van der Waals surface area contributed by atoms with E-state index < -0.39 is 0 Å². The number of hydrogen-bond donors (Lipinski definition) is 1. The van der Waals surface area contributed by atoms with Crippen LogP contribution < -0.4 is 0 Å². The second-order valence-corrected chi connectivity index (χ2v) is 8.20. The molecule has 26 heavy (non-hydrogen) atoms. The third-order valence-corrected chi connectivity index (χ3v) is 6.50. The van der Waals surface area contributed by atoms with E-state index in [1.807, 2.05) is 35.2 Å². The van der Waals surface area contributed by atoms with Crippen molar-refractivity contribution < 1.29 is 9.59 Å². The summed E-state index contributed by atoms with van der Waals surface area (Å²) in [4.78, 5) is 33.3. The number of fused-ring (bicyclic) bond motifs is 5. The number of benzene rings is 1. The molecule has 4 fully saturated rings. The van der Waals surface area contributed by atoms with E-state index in [1.165, 1.54) is 6.42 Å². The number of aromatic nitrogens is 1. The zero-order valence-corrected chi connectivity index (χ0v) is 15.0. The van der Waals surface area contributed by atoms with Gasteiger partial charge < -0.3 is 14.8 Å². The molecule has 3 saturated heterocycles. The van der Waals surface area contributed by atoms with Gasteiger partial charge >= 0.3 is 0 Å². The van der Waals surface area contributed by atoms with Crippen LogP contribution in [0.3, 0.4) is 0 Å². The maximum Gasteiger partial charge on any atom is 0.270 e. The lowest BCUT2D eigenvalue weighted by atomic mass is 9.84. The maximum atomic E-state index is 13.2. The van der Waals surface area contributed by atoms with Crippen LogP contribution in [0.25, 0.3) is 10.9 Å². The Kier molecular flexibility index (Phi) is 3.76. The SMILES string of the molecule is O=C(C1CCC1)N1C[C@@H]2CC[C@H](C1)N(C(=O)c1cc3ccccc3[nH]1)C2. The first kappa shape index (κ1) is 15.9. The second-order valence-electron chi connectivity index (χ2n) is 8.20. The van der Waals surface area contributed by atoms with Crippen LogP contribution in [-0.2, 0) is 4.79 Å². The molecule has 5 heteroatoms. The largest absolute Gasteiger partial charge is 0.351 e. The predicted molar refractivity (Wildman–Crippen MR) is 99.8 cm³/mol. The zero-order valence-electron chi connectivity index (χ0n) is 15.0. The Morgan fingerprint density at radius 3 is 2.62 bits per heavy atom. The average Bonchev–Trinajstić information content (AvgIpc) is 2.82. The molecule has 1 aromatic heterocycles. The number of hydrogen-bond acceptors (Lipinski definition) is 2. The number of nitrogens with zero attached hydrogens (tertiary/aromatic N) is 2. The number of nitrogens with one attached hydrogen (secondary N) is 1. The smallest absolute Gasteiger partial charge is 0.270 e. The highest BCUT2D eigenvalue weighted by Gasteiger charge is 2.41. The molecule has 6 rings (SSSR count). The Morgan fingerprint density at radius 2 is 1.85 bits per heavy atom. The molecule has 2 amide bonds. The van der Waals surface area contributed by atoms with E-state index in [0.717, 1.165) is 49.7 Å². The van der Waals surface area contributed by atoms with Gasteiger partial charge in [-0.15, -0.1) is 0 Å². The van der Waals surface area contributed by atoms with Crippen LogP contribution in [-0.4, -0.2) is 52.3 Å². The van der Waals surface area contributed by atoms with Crippen molar-refractivity contribution in [3.63, 3.8) is 0 Å². The maximum absolute atomic E-state index is 13.2. The van der Waals surface area contributed by atoms with Gasteiger partial charge in [0.05, 0.1) is 0 Å². The molecule has 0 spiro atoms. The topological polar surface area (TPSA) is 56.4 Å². The summed E-state index contributed by atoms with van der Waals surface area (Å²) in [6.07, 6.45) is 5.40. The van der Waals surface area contributed by atoms with E-state index in [4.69, 9.17) is 0 Å². The molecule has 2 bridgehead atoms. The number of piperidine rings is 1. The molecule has 5 nitrogen and oxygen atoms in total. The normalized spacial score (nSPS) is 26.0. The lowest BCUT2D eigenvalue weighted by Crippen LogP contribution is -2.48. The van der Waals surface area contributed by atoms with Crippen molar-refractivity contribution in [1.82, 2.24) is 14.8 Å². The summed E-state index contributed by atoms with van der Waals surface area (Å²) in [5.41, 5.74) is 1.66. The number of para-hydroxylation sites is 1. The Morgan fingerprint density at radius 1 is 1.00 bits per heavy atom. The van der Waals surface area contributed by atoms with Gasteiger partial charge in [-0.3, -0.25) is 9.59 Å². The van der Waals surface area contributed by atoms with Crippen molar-refractivity contribution in [2.24, 2.45) is 11.8 Å². The van der Waals surface area contributed by atoms with Crippen LogP contribution in [0, 0.1) is 11.8 Å². The molecular weight excluding hydrogens is 326 g/mol. The van der Waals surface area contributed by atoms with Crippen molar-refractivity contribution in [2.75, 3.05) is 19.6 Å². The average molecular weight is 351 g/mol. The lowest BCUT2D eigenvalue weighted by Gasteiger charge is -2.36. The van der Waals surface area contributed by atoms with Gasteiger partial charge in [0.25, 0.3) is 5.91 Å². The Hall–Kier alpha value is -2.30. The quantitative estimate of drug-likeness (QED) is 0.904. The summed E-state index contributed by atoms with van der Waals surface area (Å²) in [6.45, 7) is 2.30. The summed E-state index contributed by atoms with van der Waals surface area (Å²) in [5, 5.41) is 1.07. The van der Waals surface area contributed by atoms with Gasteiger partial charge in [0.1, 0.15) is 5.69 Å². The van der Waals surface area contributed by atoms with Gasteiger partial charge in [-0.05, 0) is 43.7 Å². The molecule has 4 heterocycles. The number of aromatic amines is 1. The highest BCUT2D eigenvalue weighted by Crippen LogP contribution is 2.33. The third kappa shape index (κ3) is 2.61. The first-order chi connectivity index (χ1) is 12.7. The first-order valence-corrected chi connectivity index (χ1v) is 9.86. The molecule has 4 aliphatic rings. The van der Waals surface area contributed by atoms with Crippen molar-refractivity contribution in [3.8, 4) is 0 Å². The fourth-order valence-electron chi connectivity index (χ4n) is 4.77. The number of rotatable bonds is 2. The molecule has 3 aliphatic heterocycles. The number of carbonyl (C=O) groups is 2. The van der Waals surface area contributed by atoms with Crippen molar-refractivity contribution >= 4 is 22.7 Å². The van der Waals surface area contributed by atoms with E-state index in [2.05, 4.69) is 9.88 Å². The molecule has 2 aromatic rings. The highest BCUT2D eigenvalue weighted by molar-refractivity contribution is 5.98. The van der Waals surface area contributed by atoms with Gasteiger partial charge in [0, 0.05) is 42.5 Å². The monoisotopic (exact) mass is 351 g/mol. The summed E-state index contributed by atoms with van der Waals surface area (Å²) in [6, 6.07) is 10.1. The number of amides is 2. The van der Waals surface area contributed by atoms with E-state index in [1.54, 1.807) is 0 Å². The van der Waals surface area contributed by atoms with E-state index in [-0.39, 0.29) is 17.9 Å². The molecule has 1 saturated carbocycles. The molecule has 1 aromatic carbocycles. The Balaban J connectivity index is 1.38. The fourth-order valence-corrected chi connectivity index (χ4v) is 4.77. The summed E-state index contributed by atoms with van der Waals surface area (Å²) in [7, 11) is 0. The van der Waals surface area contributed by atoms with E-state index in [0.29, 0.717) is 24.1 Å². The van der Waals surface area contributed by atoms with Crippen LogP contribution in [0.1, 0.15) is 42.6 Å². The first-order valence-electron chi connectivity index (χ1n) is 9.86. The van der Waals surface area contributed by atoms with Crippen LogP contribution in [0.5, 0.6) is 0 Å². The summed E-state index contributed by atoms with van der Waals surface area (Å²) in [5.74, 6) is 1.05. The molecule has 1 aliphatic carbocycles. The minimum absolute atomic E-state index is 0.0776. The predicted octanol–water partition coefficient (Wildman–Crippen LogP) is 3.03. The number of carbonyl (C=O) groups excluding carboxylic acids is 2. The van der Waals surface area contributed by atoms with Crippen LogP contribution >= 0.6 is 0 Å². The number of H-pyrrole nitrogens is 1. The second kappa shape index (κ2) is 6.15. The highest BCUT2D eigenvalue weighted by atomic mass is 16.2. The Bertz CT molecular complexity index is 821. The van der Waals surface area contributed by atoms with Gasteiger partial charge in [-0.1, -0.05) is 24.6 Å². The van der Waals surface area contributed by atoms with Crippen molar-refractivity contribution in [1.29, 1.82) is 0 Å². The molecule has 136 valence electrons. The van der Waals surface area contributed by atoms with Gasteiger partial charge in [0.15, 0.2) is 0 Å². The molecule has 0 radical (unpaired) electrons. The Labute approximate surface area is 153 Å². The van der Waals surface area contributed by atoms with Gasteiger partial charge in [-0.25, -0.2) is 0 Å². The van der Waals surface area contributed by atoms with E-state index in [9.17, 15) is 9.59 Å². The van der Waals surface area contributed by atoms with E-state index >= 15 is 0 Å². The molecule has 0 unspecified atom stereocenters. The fraction of sp³-hybridized carbons (Fsp3) is 0.524. The summed E-state index contributed by atoms with van der Waals surface area (Å²) < 4.78 is 0. The third-order valence-electron chi connectivity index (χ3n) is 6.50. The minimum atomic E-state index is 0.0776. The van der Waals surface area contributed by atoms with Gasteiger partial charge in [-0.2, -0.15) is 0 Å². The minimum Gasteiger partial charge on any atom is -0.351 e. The van der Waals surface area contributed by atoms with Crippen LogP contribution in [0.4, 0.5) is 0 Å². The standard InChI is InChI=1S/C21H25N3O2/c25-20(15-5-3-6-15)23-11-14-8-9-17(13-23)24(12-14)21(26)19-10-16-4-1-2-7-18(16)22-19/h1-2,4,7,10,14-15,17,22H,3,5-6,8-9,11-13H2/t14-,17+/m0/s1. The van der Waals surface area contributed by atoms with Crippen LogP contribution in [0.2, 0.25) is 0 Å². The zero-order chi connectivity index (χ0) is 17.7. The van der Waals surface area contributed by atoms with Gasteiger partial charge in [0.2, 0.25) is 5.91 Å². The van der Waals surface area contributed by atoms with Crippen LogP contribution in [0.15, 0.2) is 30.3 Å². The van der Waals surface area contributed by atoms with Crippen molar-refractivity contribution in [2.45, 2.75) is 38.1 Å². The molecular formula is C21H25N3O2. The molecule has 2 atom stereocenters.